The Kier molecular flexibility index (Phi) is 3.76. The standard InChI is InChI=1S/C12H14ClN3O/c1-3-10(14-2)12-15-11(16-17-12)8-6-4-5-7-9(8)13/h4-7,10,14H,3H2,1-2H3. The normalized spacial score (nSPS) is 12.6. The molecule has 2 rings (SSSR count). The molecule has 1 atom stereocenters. The van der Waals surface area contributed by atoms with Gasteiger partial charge in [0.15, 0.2) is 0 Å². The molecule has 0 aliphatic rings. The highest BCUT2D eigenvalue weighted by Crippen LogP contribution is 2.26. The first-order valence-corrected chi connectivity index (χ1v) is 5.89. The Balaban J connectivity index is 2.33. The maximum atomic E-state index is 6.08. The van der Waals surface area contributed by atoms with E-state index in [1.54, 1.807) is 0 Å². The van der Waals surface area contributed by atoms with E-state index in [-0.39, 0.29) is 6.04 Å². The van der Waals surface area contributed by atoms with Gasteiger partial charge in [0, 0.05) is 5.56 Å². The zero-order chi connectivity index (χ0) is 12.3. The molecule has 1 unspecified atom stereocenters. The third kappa shape index (κ3) is 2.48. The predicted molar refractivity (Wildman–Crippen MR) is 66.8 cm³/mol. The monoisotopic (exact) mass is 251 g/mol. The quantitative estimate of drug-likeness (QED) is 0.907. The van der Waals surface area contributed by atoms with Gasteiger partial charge in [-0.1, -0.05) is 35.8 Å². The van der Waals surface area contributed by atoms with Crippen LogP contribution in [0, 0.1) is 0 Å². The summed E-state index contributed by atoms with van der Waals surface area (Å²) in [6.45, 7) is 2.06. The minimum absolute atomic E-state index is 0.0822. The van der Waals surface area contributed by atoms with E-state index in [4.69, 9.17) is 16.1 Å². The van der Waals surface area contributed by atoms with Crippen molar-refractivity contribution in [3.8, 4) is 11.4 Å². The topological polar surface area (TPSA) is 51.0 Å². The lowest BCUT2D eigenvalue weighted by Crippen LogP contribution is -2.15. The fourth-order valence-corrected chi connectivity index (χ4v) is 1.85. The first kappa shape index (κ1) is 12.1. The van der Waals surface area contributed by atoms with Gasteiger partial charge in [-0.15, -0.1) is 0 Å². The fraction of sp³-hybridized carbons (Fsp3) is 0.333. The van der Waals surface area contributed by atoms with E-state index in [0.29, 0.717) is 16.7 Å². The number of aromatic nitrogens is 2. The zero-order valence-electron chi connectivity index (χ0n) is 9.77. The molecule has 0 radical (unpaired) electrons. The summed E-state index contributed by atoms with van der Waals surface area (Å²) < 4.78 is 5.24. The summed E-state index contributed by atoms with van der Waals surface area (Å²) in [5.74, 6) is 1.12. The Morgan fingerprint density at radius 1 is 1.41 bits per heavy atom. The fourth-order valence-electron chi connectivity index (χ4n) is 1.63. The summed E-state index contributed by atoms with van der Waals surface area (Å²) in [4.78, 5) is 4.36. The number of benzene rings is 1. The molecule has 2 aromatic rings. The minimum atomic E-state index is 0.0822. The van der Waals surface area contributed by atoms with Crippen LogP contribution in [0.4, 0.5) is 0 Å². The van der Waals surface area contributed by atoms with Gasteiger partial charge in [0.05, 0.1) is 11.1 Å². The first-order chi connectivity index (χ1) is 8.26. The molecule has 0 aliphatic heterocycles. The highest BCUT2D eigenvalue weighted by molar-refractivity contribution is 6.33. The van der Waals surface area contributed by atoms with Crippen LogP contribution >= 0.6 is 11.6 Å². The van der Waals surface area contributed by atoms with Gasteiger partial charge >= 0.3 is 0 Å². The predicted octanol–water partition coefficient (Wildman–Crippen LogP) is 3.06. The van der Waals surface area contributed by atoms with Crippen molar-refractivity contribution in [1.82, 2.24) is 15.5 Å². The zero-order valence-corrected chi connectivity index (χ0v) is 10.5. The maximum Gasteiger partial charge on any atom is 0.244 e. The summed E-state index contributed by atoms with van der Waals surface area (Å²) in [6.07, 6.45) is 0.890. The Hall–Kier alpha value is -1.39. The molecule has 0 bridgehead atoms. The molecule has 4 nitrogen and oxygen atoms in total. The van der Waals surface area contributed by atoms with Gasteiger partial charge in [-0.2, -0.15) is 4.98 Å². The summed E-state index contributed by atoms with van der Waals surface area (Å²) in [7, 11) is 1.87. The van der Waals surface area contributed by atoms with Gasteiger partial charge in [-0.25, -0.2) is 0 Å². The molecule has 0 aliphatic carbocycles. The molecule has 90 valence electrons. The third-order valence-corrected chi connectivity index (χ3v) is 2.94. The Morgan fingerprint density at radius 3 is 2.82 bits per heavy atom. The summed E-state index contributed by atoms with van der Waals surface area (Å²) in [6, 6.07) is 7.53. The average Bonchev–Trinajstić information content (AvgIpc) is 2.81. The van der Waals surface area contributed by atoms with Crippen molar-refractivity contribution in [3.63, 3.8) is 0 Å². The van der Waals surface area contributed by atoms with E-state index in [1.165, 1.54) is 0 Å². The Bertz CT molecular complexity index is 494. The van der Waals surface area contributed by atoms with E-state index in [0.717, 1.165) is 12.0 Å². The lowest BCUT2D eigenvalue weighted by atomic mass is 10.2. The second kappa shape index (κ2) is 5.29. The third-order valence-electron chi connectivity index (χ3n) is 2.61. The molecule has 1 heterocycles. The molecule has 0 saturated heterocycles. The molecule has 17 heavy (non-hydrogen) atoms. The highest BCUT2D eigenvalue weighted by Gasteiger charge is 2.17. The number of hydrogen-bond acceptors (Lipinski definition) is 4. The molecule has 5 heteroatoms. The second-order valence-electron chi connectivity index (χ2n) is 3.69. The highest BCUT2D eigenvalue weighted by atomic mass is 35.5. The number of hydrogen-bond donors (Lipinski definition) is 1. The summed E-state index contributed by atoms with van der Waals surface area (Å²) >= 11 is 6.08. The lowest BCUT2D eigenvalue weighted by molar-refractivity contribution is 0.334. The van der Waals surface area contributed by atoms with Crippen LogP contribution in [0.15, 0.2) is 28.8 Å². The van der Waals surface area contributed by atoms with Crippen molar-refractivity contribution >= 4 is 11.6 Å². The second-order valence-corrected chi connectivity index (χ2v) is 4.09. The van der Waals surface area contributed by atoms with Crippen molar-refractivity contribution in [2.45, 2.75) is 19.4 Å². The number of rotatable bonds is 4. The molecule has 1 aromatic heterocycles. The molecule has 1 N–H and O–H groups in total. The van der Waals surface area contributed by atoms with E-state index in [9.17, 15) is 0 Å². The van der Waals surface area contributed by atoms with Crippen molar-refractivity contribution in [2.24, 2.45) is 0 Å². The lowest BCUT2D eigenvalue weighted by Gasteiger charge is -2.06. The number of nitrogens with zero attached hydrogens (tertiary/aromatic N) is 2. The minimum Gasteiger partial charge on any atom is -0.337 e. The van der Waals surface area contributed by atoms with E-state index >= 15 is 0 Å². The Morgan fingerprint density at radius 2 is 2.18 bits per heavy atom. The van der Waals surface area contributed by atoms with E-state index in [1.807, 2.05) is 31.3 Å². The van der Waals surface area contributed by atoms with Crippen molar-refractivity contribution in [2.75, 3.05) is 7.05 Å². The van der Waals surface area contributed by atoms with Gasteiger partial charge < -0.3 is 9.84 Å². The maximum absolute atomic E-state index is 6.08. The molecular weight excluding hydrogens is 238 g/mol. The van der Waals surface area contributed by atoms with Crippen LogP contribution in [0.1, 0.15) is 25.3 Å². The van der Waals surface area contributed by atoms with Crippen molar-refractivity contribution in [3.05, 3.63) is 35.2 Å². The molecule has 0 saturated carbocycles. The smallest absolute Gasteiger partial charge is 0.244 e. The number of nitrogens with one attached hydrogen (secondary N) is 1. The van der Waals surface area contributed by atoms with E-state index < -0.39 is 0 Å². The molecule has 1 aromatic carbocycles. The first-order valence-electron chi connectivity index (χ1n) is 5.52. The van der Waals surface area contributed by atoms with Crippen LogP contribution in [-0.2, 0) is 0 Å². The van der Waals surface area contributed by atoms with Crippen LogP contribution < -0.4 is 5.32 Å². The van der Waals surface area contributed by atoms with Gasteiger partial charge in [-0.3, -0.25) is 0 Å². The van der Waals surface area contributed by atoms with E-state index in [2.05, 4.69) is 22.4 Å². The van der Waals surface area contributed by atoms with Gasteiger partial charge in [-0.05, 0) is 25.6 Å². The van der Waals surface area contributed by atoms with Crippen molar-refractivity contribution in [1.29, 1.82) is 0 Å². The van der Waals surface area contributed by atoms with Gasteiger partial charge in [0.2, 0.25) is 11.7 Å². The molecule has 0 spiro atoms. The van der Waals surface area contributed by atoms with Gasteiger partial charge in [0.1, 0.15) is 0 Å². The average molecular weight is 252 g/mol. The summed E-state index contributed by atoms with van der Waals surface area (Å²) in [5.41, 5.74) is 0.787. The molecule has 0 amide bonds. The largest absolute Gasteiger partial charge is 0.337 e. The Labute approximate surface area is 105 Å². The number of halogens is 1. The van der Waals surface area contributed by atoms with Crippen LogP contribution in [0.25, 0.3) is 11.4 Å². The van der Waals surface area contributed by atoms with Crippen molar-refractivity contribution < 1.29 is 4.52 Å². The van der Waals surface area contributed by atoms with Gasteiger partial charge in [0.25, 0.3) is 0 Å². The molecular formula is C12H14ClN3O. The van der Waals surface area contributed by atoms with Crippen LogP contribution in [0.3, 0.4) is 0 Å². The van der Waals surface area contributed by atoms with Crippen LogP contribution in [0.5, 0.6) is 0 Å². The SMILES string of the molecule is CCC(NC)c1nc(-c2ccccc2Cl)no1. The summed E-state index contributed by atoms with van der Waals surface area (Å²) in [5, 5.41) is 7.69. The van der Waals surface area contributed by atoms with Crippen LogP contribution in [-0.4, -0.2) is 17.2 Å². The molecule has 0 fully saturated rings. The van der Waals surface area contributed by atoms with Crippen LogP contribution in [0.2, 0.25) is 5.02 Å².